The zero-order chi connectivity index (χ0) is 14.1. The summed E-state index contributed by atoms with van der Waals surface area (Å²) < 4.78 is 0. The van der Waals surface area contributed by atoms with Gasteiger partial charge in [0.05, 0.1) is 0 Å². The van der Waals surface area contributed by atoms with Crippen LogP contribution >= 0.6 is 11.3 Å². The van der Waals surface area contributed by atoms with E-state index in [9.17, 15) is 4.79 Å². The second kappa shape index (κ2) is 5.14. The topological polar surface area (TPSA) is 62.5 Å². The van der Waals surface area contributed by atoms with E-state index in [0.29, 0.717) is 10.7 Å². The fourth-order valence-corrected chi connectivity index (χ4v) is 2.21. The molecule has 2 N–H and O–H groups in total. The molecule has 5 nitrogen and oxygen atoms in total. The van der Waals surface area contributed by atoms with Crippen LogP contribution in [0, 0.1) is 0 Å². The summed E-state index contributed by atoms with van der Waals surface area (Å²) in [5.41, 5.74) is 5.64. The van der Waals surface area contributed by atoms with E-state index >= 15 is 0 Å². The molecule has 1 amide bonds. The maximum absolute atomic E-state index is 12.4. The van der Waals surface area contributed by atoms with Crippen molar-refractivity contribution in [2.45, 2.75) is 32.7 Å². The van der Waals surface area contributed by atoms with Crippen LogP contribution in [0.3, 0.4) is 0 Å². The van der Waals surface area contributed by atoms with Gasteiger partial charge in [-0.15, -0.1) is 0 Å². The van der Waals surface area contributed by atoms with Gasteiger partial charge < -0.3 is 15.5 Å². The maximum atomic E-state index is 12.4. The molecule has 1 heterocycles. The Balaban J connectivity index is 3.04. The van der Waals surface area contributed by atoms with Crippen molar-refractivity contribution < 1.29 is 4.79 Å². The molecule has 0 aliphatic rings. The third-order valence-corrected chi connectivity index (χ3v) is 4.52. The molecule has 0 bridgehead atoms. The van der Waals surface area contributed by atoms with E-state index in [-0.39, 0.29) is 11.4 Å². The number of anilines is 2. The zero-order valence-electron chi connectivity index (χ0n) is 11.9. The number of aromatic nitrogens is 1. The van der Waals surface area contributed by atoms with Crippen molar-refractivity contribution >= 4 is 28.2 Å². The first kappa shape index (κ1) is 14.8. The molecular formula is C12H22N4OS. The Kier molecular flexibility index (Phi) is 4.21. The number of rotatable bonds is 4. The molecule has 0 aromatic carbocycles. The second-order valence-electron chi connectivity index (χ2n) is 5.14. The third kappa shape index (κ3) is 2.75. The number of hydrogen-bond acceptors (Lipinski definition) is 5. The van der Waals surface area contributed by atoms with Gasteiger partial charge >= 0.3 is 0 Å². The first-order valence-electron chi connectivity index (χ1n) is 5.92. The Labute approximate surface area is 113 Å². The Hall–Kier alpha value is -1.30. The molecule has 0 spiro atoms. The van der Waals surface area contributed by atoms with Crippen LogP contribution in [0.4, 0.5) is 10.9 Å². The summed E-state index contributed by atoms with van der Waals surface area (Å²) in [7, 11) is 5.57. The van der Waals surface area contributed by atoms with Gasteiger partial charge in [-0.05, 0) is 20.3 Å². The van der Waals surface area contributed by atoms with E-state index in [4.69, 9.17) is 5.73 Å². The number of thiazole rings is 1. The van der Waals surface area contributed by atoms with E-state index in [1.165, 1.54) is 11.3 Å². The van der Waals surface area contributed by atoms with Gasteiger partial charge in [-0.3, -0.25) is 4.79 Å². The summed E-state index contributed by atoms with van der Waals surface area (Å²) >= 11 is 1.33. The van der Waals surface area contributed by atoms with Crippen LogP contribution in [0.25, 0.3) is 0 Å². The van der Waals surface area contributed by atoms with Gasteiger partial charge in [0.15, 0.2) is 5.13 Å². The first-order valence-corrected chi connectivity index (χ1v) is 6.74. The quantitative estimate of drug-likeness (QED) is 0.909. The van der Waals surface area contributed by atoms with Gasteiger partial charge in [-0.25, -0.2) is 4.98 Å². The van der Waals surface area contributed by atoms with Gasteiger partial charge in [0.2, 0.25) is 0 Å². The summed E-state index contributed by atoms with van der Waals surface area (Å²) in [4.78, 5) is 20.7. The molecule has 18 heavy (non-hydrogen) atoms. The highest BCUT2D eigenvalue weighted by Crippen LogP contribution is 2.29. The molecule has 102 valence electrons. The highest BCUT2D eigenvalue weighted by Gasteiger charge is 2.29. The summed E-state index contributed by atoms with van der Waals surface area (Å²) in [5, 5.41) is 0.749. The summed E-state index contributed by atoms with van der Waals surface area (Å²) in [6, 6.07) is 0. The van der Waals surface area contributed by atoms with Crippen molar-refractivity contribution in [1.82, 2.24) is 9.88 Å². The molecule has 6 heteroatoms. The smallest absolute Gasteiger partial charge is 0.268 e. The SMILES string of the molecule is CCC(C)(C)N(C)C(=O)c1sc(N(C)C)nc1N. The lowest BCUT2D eigenvalue weighted by Crippen LogP contribution is -2.44. The van der Waals surface area contributed by atoms with Crippen molar-refractivity contribution in [1.29, 1.82) is 0 Å². The van der Waals surface area contributed by atoms with Crippen LogP contribution < -0.4 is 10.6 Å². The van der Waals surface area contributed by atoms with Crippen molar-refractivity contribution in [3.05, 3.63) is 4.88 Å². The highest BCUT2D eigenvalue weighted by atomic mass is 32.1. The molecule has 0 aliphatic heterocycles. The van der Waals surface area contributed by atoms with Crippen molar-refractivity contribution in [3.63, 3.8) is 0 Å². The summed E-state index contributed by atoms with van der Waals surface area (Å²) in [6.07, 6.45) is 0.883. The fraction of sp³-hybridized carbons (Fsp3) is 0.667. The second-order valence-corrected chi connectivity index (χ2v) is 6.11. The lowest BCUT2D eigenvalue weighted by atomic mass is 10.00. The minimum atomic E-state index is -0.189. The van der Waals surface area contributed by atoms with Crippen LogP contribution in [-0.2, 0) is 0 Å². The summed E-state index contributed by atoms with van der Waals surface area (Å²) in [6.45, 7) is 6.13. The lowest BCUT2D eigenvalue weighted by Gasteiger charge is -2.34. The highest BCUT2D eigenvalue weighted by molar-refractivity contribution is 7.18. The number of amides is 1. The number of carbonyl (C=O) groups excluding carboxylic acids is 1. The van der Waals surface area contributed by atoms with Gasteiger partial charge in [-0.1, -0.05) is 18.3 Å². The maximum Gasteiger partial charge on any atom is 0.268 e. The first-order chi connectivity index (χ1) is 8.20. The largest absolute Gasteiger partial charge is 0.382 e. The fourth-order valence-electron chi connectivity index (χ4n) is 1.33. The molecule has 0 aliphatic carbocycles. The molecule has 0 saturated heterocycles. The minimum absolute atomic E-state index is 0.0649. The molecule has 0 saturated carbocycles. The van der Waals surface area contributed by atoms with Crippen LogP contribution in [0.2, 0.25) is 0 Å². The average molecular weight is 270 g/mol. The van der Waals surface area contributed by atoms with E-state index in [2.05, 4.69) is 11.9 Å². The van der Waals surface area contributed by atoms with Gasteiger partial charge in [0.25, 0.3) is 5.91 Å². The normalized spacial score (nSPS) is 11.4. The van der Waals surface area contributed by atoms with Crippen LogP contribution in [0.5, 0.6) is 0 Å². The number of nitrogen functional groups attached to an aromatic ring is 1. The van der Waals surface area contributed by atoms with E-state index in [1.54, 1.807) is 11.9 Å². The number of hydrogen-bond donors (Lipinski definition) is 1. The van der Waals surface area contributed by atoms with E-state index < -0.39 is 0 Å². The Morgan fingerprint density at radius 2 is 1.94 bits per heavy atom. The van der Waals surface area contributed by atoms with Crippen LogP contribution in [0.15, 0.2) is 0 Å². The monoisotopic (exact) mass is 270 g/mol. The molecule has 1 aromatic heterocycles. The van der Waals surface area contributed by atoms with Crippen LogP contribution in [-0.4, -0.2) is 42.5 Å². The van der Waals surface area contributed by atoms with Crippen molar-refractivity contribution in [2.24, 2.45) is 0 Å². The number of nitrogens with two attached hydrogens (primary N) is 1. The third-order valence-electron chi connectivity index (χ3n) is 3.30. The number of nitrogens with zero attached hydrogens (tertiary/aromatic N) is 3. The lowest BCUT2D eigenvalue weighted by molar-refractivity contribution is 0.0626. The molecule has 0 atom stereocenters. The molecule has 0 radical (unpaired) electrons. The molecule has 1 aromatic rings. The standard InChI is InChI=1S/C12H22N4OS/c1-7-12(2,3)16(6)10(17)8-9(13)14-11(18-8)15(4)5/h7,13H2,1-6H3. The van der Waals surface area contributed by atoms with Crippen molar-refractivity contribution in [3.8, 4) is 0 Å². The number of carbonyl (C=O) groups is 1. The Bertz CT molecular complexity index is 439. The summed E-state index contributed by atoms with van der Waals surface area (Å²) in [5.74, 6) is 0.248. The van der Waals surface area contributed by atoms with E-state index in [0.717, 1.165) is 11.6 Å². The van der Waals surface area contributed by atoms with Gasteiger partial charge in [-0.2, -0.15) is 0 Å². The van der Waals surface area contributed by atoms with Crippen molar-refractivity contribution in [2.75, 3.05) is 31.8 Å². The van der Waals surface area contributed by atoms with E-state index in [1.807, 2.05) is 32.8 Å². The predicted molar refractivity (Wildman–Crippen MR) is 77.3 cm³/mol. The van der Waals surface area contributed by atoms with Crippen LogP contribution in [0.1, 0.15) is 36.9 Å². The Morgan fingerprint density at radius 1 is 1.39 bits per heavy atom. The molecular weight excluding hydrogens is 248 g/mol. The minimum Gasteiger partial charge on any atom is -0.382 e. The van der Waals surface area contributed by atoms with Gasteiger partial charge in [0, 0.05) is 26.7 Å². The Morgan fingerprint density at radius 3 is 2.33 bits per heavy atom. The molecule has 0 unspecified atom stereocenters. The van der Waals surface area contributed by atoms with Gasteiger partial charge in [0.1, 0.15) is 10.7 Å². The predicted octanol–water partition coefficient (Wildman–Crippen LogP) is 2.05. The molecule has 0 fully saturated rings. The zero-order valence-corrected chi connectivity index (χ0v) is 12.8. The molecule has 1 rings (SSSR count). The average Bonchev–Trinajstić information content (AvgIpc) is 2.69.